The van der Waals surface area contributed by atoms with Gasteiger partial charge in [0.15, 0.2) is 11.5 Å². The van der Waals surface area contributed by atoms with E-state index in [1.165, 1.54) is 10.9 Å². The molecule has 2 unspecified atom stereocenters. The molecule has 47 heavy (non-hydrogen) atoms. The maximum Gasteiger partial charge on any atom is 0.276 e. The van der Waals surface area contributed by atoms with Gasteiger partial charge in [0.25, 0.3) is 5.91 Å². The van der Waals surface area contributed by atoms with Gasteiger partial charge in [-0.3, -0.25) is 19.9 Å². The first-order valence-electron chi connectivity index (χ1n) is 15.4. The Morgan fingerprint density at radius 3 is 2.15 bits per heavy atom. The van der Waals surface area contributed by atoms with Crippen molar-refractivity contribution in [1.82, 2.24) is 14.9 Å². The summed E-state index contributed by atoms with van der Waals surface area (Å²) in [5, 5.41) is 29.9. The smallest absolute Gasteiger partial charge is 0.276 e. The van der Waals surface area contributed by atoms with Gasteiger partial charge in [-0.1, -0.05) is 80.6 Å². The lowest BCUT2D eigenvalue weighted by atomic mass is 9.63. The van der Waals surface area contributed by atoms with Crippen molar-refractivity contribution in [3.8, 4) is 11.5 Å². The molecule has 246 valence electrons. The average molecular weight is 642 g/mol. The highest BCUT2D eigenvalue weighted by Crippen LogP contribution is 2.51. The summed E-state index contributed by atoms with van der Waals surface area (Å²) in [6, 6.07) is 24.2. The van der Waals surface area contributed by atoms with E-state index in [4.69, 9.17) is 19.9 Å². The van der Waals surface area contributed by atoms with Crippen LogP contribution in [0.15, 0.2) is 85.2 Å². The molecule has 3 aromatic carbocycles. The third-order valence-electron chi connectivity index (χ3n) is 9.04. The highest BCUT2D eigenvalue weighted by atomic mass is 16.5. The maximum atomic E-state index is 13.0. The molecule has 0 radical (unpaired) electrons. The number of para-hydroxylation sites is 2. The van der Waals surface area contributed by atoms with Crippen LogP contribution in [-0.2, 0) is 14.9 Å². The monoisotopic (exact) mass is 641 g/mol. The quantitative estimate of drug-likeness (QED) is 0.162. The second-order valence-electron chi connectivity index (χ2n) is 12.1. The van der Waals surface area contributed by atoms with Crippen molar-refractivity contribution in [2.24, 2.45) is 11.7 Å². The van der Waals surface area contributed by atoms with Crippen LogP contribution in [-0.4, -0.2) is 69.8 Å². The molecule has 1 saturated heterocycles. The van der Waals surface area contributed by atoms with Crippen molar-refractivity contribution in [2.45, 2.75) is 56.0 Å². The third kappa shape index (κ3) is 5.23. The molecular formula is C35H39N5O7. The van der Waals surface area contributed by atoms with E-state index in [-0.39, 0.29) is 17.9 Å². The zero-order chi connectivity index (χ0) is 33.5. The van der Waals surface area contributed by atoms with Crippen LogP contribution in [0.1, 0.15) is 53.7 Å². The first-order chi connectivity index (χ1) is 22.6. The fraction of sp³-hybridized carbons (Fsp3) is 0.343. The highest BCUT2D eigenvalue weighted by molar-refractivity contribution is 6.05. The number of aliphatic hydroxyl groups excluding tert-OH is 2. The lowest BCUT2D eigenvalue weighted by Crippen LogP contribution is -2.70. The summed E-state index contributed by atoms with van der Waals surface area (Å²) in [7, 11) is 3.12. The van der Waals surface area contributed by atoms with E-state index < -0.39 is 53.3 Å². The van der Waals surface area contributed by atoms with Gasteiger partial charge in [0.05, 0.1) is 32.1 Å². The maximum absolute atomic E-state index is 13.0. The van der Waals surface area contributed by atoms with E-state index in [0.29, 0.717) is 28.2 Å². The summed E-state index contributed by atoms with van der Waals surface area (Å²) in [6.45, 7) is 3.37. The number of carbonyl (C=O) groups excluding carboxylic acids is 2. The Morgan fingerprint density at radius 2 is 1.57 bits per heavy atom. The first-order valence-corrected chi connectivity index (χ1v) is 15.4. The standard InChI is InChI=1S/C35H39N5O7/c1-20(2)30(42)35(36)38-32-28(33(44)39-35)37-19-40(32)27-18-24(41)29(47-27)31(43)34(21-12-6-5-7-13-21,22-14-8-10-16-25(22)45-3)23-15-9-11-17-26(23)46-4/h5-17,19-20,24,27,29,31,38,41,43H,18,36H2,1-4H3,(H,39,44)/t24-,27+,29-,31?,35?/m0/s1. The van der Waals surface area contributed by atoms with E-state index in [2.05, 4.69) is 15.6 Å². The molecule has 1 amide bonds. The van der Waals surface area contributed by atoms with Crippen LogP contribution in [0.4, 0.5) is 5.82 Å². The van der Waals surface area contributed by atoms with Gasteiger partial charge in [-0.15, -0.1) is 0 Å². The number of hydrogen-bond donors (Lipinski definition) is 5. The molecule has 2 aliphatic heterocycles. The topological polar surface area (TPSA) is 170 Å². The minimum absolute atomic E-state index is 0.0198. The van der Waals surface area contributed by atoms with Gasteiger partial charge in [-0.25, -0.2) is 4.98 Å². The second-order valence-corrected chi connectivity index (χ2v) is 12.1. The number of rotatable bonds is 10. The third-order valence-corrected chi connectivity index (χ3v) is 9.04. The second kappa shape index (κ2) is 12.5. The Labute approximate surface area is 272 Å². The van der Waals surface area contributed by atoms with Gasteiger partial charge in [0.2, 0.25) is 5.79 Å². The van der Waals surface area contributed by atoms with E-state index >= 15 is 0 Å². The molecule has 0 bridgehead atoms. The lowest BCUT2D eigenvalue weighted by Gasteiger charge is -2.43. The number of hydrogen-bond acceptors (Lipinski definition) is 10. The van der Waals surface area contributed by atoms with Crippen LogP contribution in [0, 0.1) is 5.92 Å². The van der Waals surface area contributed by atoms with E-state index in [1.54, 1.807) is 28.1 Å². The molecule has 2 aliphatic rings. The summed E-state index contributed by atoms with van der Waals surface area (Å²) in [6.07, 6.45) is -3.21. The largest absolute Gasteiger partial charge is 0.496 e. The summed E-state index contributed by atoms with van der Waals surface area (Å²) in [4.78, 5) is 30.2. The Balaban J connectivity index is 1.48. The molecule has 6 rings (SSSR count). The van der Waals surface area contributed by atoms with E-state index in [1.807, 2.05) is 78.9 Å². The first kappa shape index (κ1) is 32.2. The van der Waals surface area contributed by atoms with Gasteiger partial charge in [-0.05, 0) is 17.7 Å². The molecule has 1 fully saturated rings. The van der Waals surface area contributed by atoms with Crippen molar-refractivity contribution < 1.29 is 34.0 Å². The number of methoxy groups -OCH3 is 2. The van der Waals surface area contributed by atoms with Crippen molar-refractivity contribution in [1.29, 1.82) is 0 Å². The number of carbonyl (C=O) groups is 2. The number of anilines is 1. The average Bonchev–Trinajstić information content (AvgIpc) is 3.68. The molecule has 5 atom stereocenters. The zero-order valence-corrected chi connectivity index (χ0v) is 26.6. The summed E-state index contributed by atoms with van der Waals surface area (Å²) in [5.41, 5.74) is 6.97. The highest BCUT2D eigenvalue weighted by Gasteiger charge is 2.54. The molecule has 0 saturated carbocycles. The van der Waals surface area contributed by atoms with Crippen LogP contribution in [0.3, 0.4) is 0 Å². The number of nitrogens with one attached hydrogen (secondary N) is 2. The fourth-order valence-electron chi connectivity index (χ4n) is 6.87. The molecule has 3 heterocycles. The molecule has 1 aromatic heterocycles. The van der Waals surface area contributed by atoms with Crippen LogP contribution < -0.4 is 25.8 Å². The Bertz CT molecular complexity index is 1730. The number of amides is 1. The Kier molecular flexibility index (Phi) is 8.53. The number of fused-ring (bicyclic) bond motifs is 1. The molecule has 12 nitrogen and oxygen atoms in total. The number of ether oxygens (including phenoxy) is 3. The number of ketones is 1. The van der Waals surface area contributed by atoms with Crippen LogP contribution in [0.2, 0.25) is 0 Å². The van der Waals surface area contributed by atoms with E-state index in [9.17, 15) is 19.8 Å². The zero-order valence-electron chi connectivity index (χ0n) is 26.6. The number of nitrogens with two attached hydrogens (primary N) is 1. The van der Waals surface area contributed by atoms with Crippen molar-refractivity contribution in [3.63, 3.8) is 0 Å². The predicted octanol–water partition coefficient (Wildman–Crippen LogP) is 2.94. The lowest BCUT2D eigenvalue weighted by molar-refractivity contribution is -0.127. The van der Waals surface area contributed by atoms with Crippen molar-refractivity contribution in [2.75, 3.05) is 19.5 Å². The predicted molar refractivity (Wildman–Crippen MR) is 173 cm³/mol. The fourth-order valence-corrected chi connectivity index (χ4v) is 6.87. The number of aliphatic hydroxyl groups is 2. The Morgan fingerprint density at radius 1 is 1.00 bits per heavy atom. The number of aromatic nitrogens is 2. The summed E-state index contributed by atoms with van der Waals surface area (Å²) < 4.78 is 19.8. The molecular weight excluding hydrogens is 602 g/mol. The van der Waals surface area contributed by atoms with Crippen molar-refractivity contribution in [3.05, 3.63) is 108 Å². The summed E-state index contributed by atoms with van der Waals surface area (Å²) in [5.74, 6) is -2.21. The SMILES string of the molecule is COc1ccccc1C(c1ccccc1)(c1ccccc1OC)C(O)[C@H]1O[C@@H](n2cnc3c2NC(N)(C(=O)C(C)C)NC3=O)C[C@@H]1O. The molecule has 6 N–H and O–H groups in total. The van der Waals surface area contributed by atoms with Gasteiger partial charge < -0.3 is 35.1 Å². The van der Waals surface area contributed by atoms with Gasteiger partial charge >= 0.3 is 0 Å². The van der Waals surface area contributed by atoms with E-state index in [0.717, 1.165) is 0 Å². The number of imidazole rings is 1. The molecule has 4 aromatic rings. The number of Topliss-reactive ketones (excluding diaryl/α,β-unsaturated/α-hetero) is 1. The van der Waals surface area contributed by atoms with Crippen LogP contribution in [0.25, 0.3) is 0 Å². The van der Waals surface area contributed by atoms with Gasteiger partial charge in [0.1, 0.15) is 35.8 Å². The van der Waals surface area contributed by atoms with Gasteiger partial charge in [-0.2, -0.15) is 0 Å². The number of benzene rings is 3. The van der Waals surface area contributed by atoms with Crippen LogP contribution in [0.5, 0.6) is 11.5 Å². The van der Waals surface area contributed by atoms with Crippen molar-refractivity contribution >= 4 is 17.5 Å². The summed E-state index contributed by atoms with van der Waals surface area (Å²) >= 11 is 0. The molecule has 0 aliphatic carbocycles. The Hall–Kier alpha value is -4.75. The minimum Gasteiger partial charge on any atom is -0.496 e. The normalized spacial score (nSPS) is 23.1. The van der Waals surface area contributed by atoms with Gasteiger partial charge in [0, 0.05) is 23.5 Å². The van der Waals surface area contributed by atoms with Crippen LogP contribution >= 0.6 is 0 Å². The molecule has 0 spiro atoms. The minimum atomic E-state index is -1.87. The number of nitrogens with zero attached hydrogens (tertiary/aromatic N) is 2. The molecule has 12 heteroatoms.